The number of nitrogens with one attached hydrogen (secondary N) is 1. The molecule has 1 fully saturated rings. The highest BCUT2D eigenvalue weighted by atomic mass is 35.5. The number of hydrogen-bond acceptors (Lipinski definition) is 7. The van der Waals surface area contributed by atoms with Crippen LogP contribution >= 0.6 is 24.2 Å². The third kappa shape index (κ3) is 4.99. The van der Waals surface area contributed by atoms with Crippen molar-refractivity contribution >= 4 is 46.2 Å². The second-order valence-electron chi connectivity index (χ2n) is 8.63. The van der Waals surface area contributed by atoms with Gasteiger partial charge in [-0.1, -0.05) is 11.6 Å². The molecule has 0 radical (unpaired) electrons. The van der Waals surface area contributed by atoms with Crippen molar-refractivity contribution in [1.29, 1.82) is 0 Å². The molecule has 4 heterocycles. The molecule has 2 aromatic carbocycles. The number of halogens is 2. The molecule has 0 saturated carbocycles. The van der Waals surface area contributed by atoms with E-state index >= 15 is 4.39 Å². The Labute approximate surface area is 224 Å². The highest BCUT2D eigenvalue weighted by Crippen LogP contribution is 2.38. The Morgan fingerprint density at radius 3 is 2.51 bits per heavy atom. The van der Waals surface area contributed by atoms with E-state index < -0.39 is 5.82 Å². The van der Waals surface area contributed by atoms with E-state index in [1.54, 1.807) is 49.1 Å². The first kappa shape index (κ1) is 25.4. The minimum atomic E-state index is -0.393. The van der Waals surface area contributed by atoms with Crippen LogP contribution in [0.4, 0.5) is 4.39 Å². The molecule has 0 atom stereocenters. The van der Waals surface area contributed by atoms with Crippen LogP contribution in [0.25, 0.3) is 33.1 Å². The molecule has 7 nitrogen and oxygen atoms in total. The lowest BCUT2D eigenvalue weighted by Gasteiger charge is -2.26. The van der Waals surface area contributed by atoms with Crippen molar-refractivity contribution in [2.45, 2.75) is 25.8 Å². The second-order valence-corrected chi connectivity index (χ2v) is 9.03. The number of rotatable bonds is 4. The Morgan fingerprint density at radius 2 is 1.78 bits per heavy atom. The number of aryl methyl sites for hydroxylation is 1. The lowest BCUT2D eigenvalue weighted by Crippen LogP contribution is -2.29. The molecular formula is C27H26ClFN6OS. The van der Waals surface area contributed by atoms with Crippen LogP contribution in [0.3, 0.4) is 0 Å². The van der Waals surface area contributed by atoms with Gasteiger partial charge in [0.15, 0.2) is 0 Å². The summed E-state index contributed by atoms with van der Waals surface area (Å²) in [7, 11) is 0. The first-order valence-corrected chi connectivity index (χ1v) is 13.2. The highest BCUT2D eigenvalue weighted by molar-refractivity contribution is 7.79. The van der Waals surface area contributed by atoms with Crippen molar-refractivity contribution in [3.8, 4) is 22.9 Å². The molecule has 0 bridgehead atoms. The van der Waals surface area contributed by atoms with Gasteiger partial charge in [-0.25, -0.2) is 19.3 Å². The second kappa shape index (κ2) is 11.0. The topological polar surface area (TPSA) is 77.8 Å². The molecule has 5 aromatic rings. The van der Waals surface area contributed by atoms with Crippen LogP contribution in [0.1, 0.15) is 24.7 Å². The first-order valence-electron chi connectivity index (χ1n) is 12.0. The fourth-order valence-corrected chi connectivity index (χ4v) is 5.13. The van der Waals surface area contributed by atoms with E-state index in [4.69, 9.17) is 21.3 Å². The van der Waals surface area contributed by atoms with E-state index in [9.17, 15) is 0 Å². The lowest BCUT2D eigenvalue weighted by atomic mass is 10.0. The molecule has 10 heteroatoms. The number of imidazole rings is 1. The van der Waals surface area contributed by atoms with Crippen LogP contribution in [0.5, 0.6) is 11.8 Å². The Bertz CT molecular complexity index is 1560. The lowest BCUT2D eigenvalue weighted by molar-refractivity contribution is 0.370. The van der Waals surface area contributed by atoms with Gasteiger partial charge in [0.25, 0.3) is 0 Å². The third-order valence-electron chi connectivity index (χ3n) is 6.44. The molecule has 0 spiro atoms. The van der Waals surface area contributed by atoms with Crippen molar-refractivity contribution in [3.63, 3.8) is 0 Å². The average Bonchev–Trinajstić information content (AvgIpc) is 3.27. The number of hydrogen-bond donors (Lipinski definition) is 2. The van der Waals surface area contributed by atoms with Gasteiger partial charge >= 0.3 is 6.01 Å². The molecule has 3 aromatic heterocycles. The number of piperidine rings is 1. The summed E-state index contributed by atoms with van der Waals surface area (Å²) in [5, 5.41) is 4.63. The Balaban J connectivity index is 0.00000137. The molecule has 0 unspecified atom stereocenters. The van der Waals surface area contributed by atoms with Gasteiger partial charge < -0.3 is 14.6 Å². The molecule has 37 heavy (non-hydrogen) atoms. The van der Waals surface area contributed by atoms with Crippen LogP contribution in [-0.2, 0) is 0 Å². The quantitative estimate of drug-likeness (QED) is 0.259. The van der Waals surface area contributed by atoms with Gasteiger partial charge in [-0.15, -0.1) is 0 Å². The van der Waals surface area contributed by atoms with Crippen LogP contribution in [0, 0.1) is 12.7 Å². The minimum Gasteiger partial charge on any atom is -0.424 e. The number of pyridine rings is 1. The standard InChI is InChI=1S/C26H22ClFN6O.CH4S/c1-15-33-24-14-32-23-13-22(28)19(12-20(23)25(24)34(15)16-5-9-29-10-6-16)18-4-3-17(11-21(18)27)35-26-30-7-2-8-31-26;1-2/h2-4,7-8,11-14,16,29H,5-6,9-10H2,1H3;2H,1H3. The summed E-state index contributed by atoms with van der Waals surface area (Å²) >= 11 is 10.1. The number of fused-ring (bicyclic) bond motifs is 3. The predicted octanol–water partition coefficient (Wildman–Crippen LogP) is 6.41. The van der Waals surface area contributed by atoms with Gasteiger partial charge in [-0.3, -0.25) is 4.98 Å². The van der Waals surface area contributed by atoms with Crippen molar-refractivity contribution in [1.82, 2.24) is 29.8 Å². The van der Waals surface area contributed by atoms with Crippen molar-refractivity contribution in [2.75, 3.05) is 19.3 Å². The summed E-state index contributed by atoms with van der Waals surface area (Å²) in [6, 6.07) is 10.7. The summed E-state index contributed by atoms with van der Waals surface area (Å²) < 4.78 is 23.3. The van der Waals surface area contributed by atoms with Gasteiger partial charge in [0.05, 0.1) is 22.3 Å². The summed E-state index contributed by atoms with van der Waals surface area (Å²) in [4.78, 5) is 17.4. The SMILES string of the molecule is CS.Cc1nc2cnc3cc(F)c(-c4ccc(Oc5ncccn5)cc4Cl)cc3c2n1C1CCNCC1. The van der Waals surface area contributed by atoms with E-state index in [0.717, 1.165) is 48.2 Å². The fourth-order valence-electron chi connectivity index (χ4n) is 4.85. The largest absolute Gasteiger partial charge is 0.424 e. The van der Waals surface area contributed by atoms with Crippen molar-refractivity contribution in [3.05, 3.63) is 71.7 Å². The zero-order valence-electron chi connectivity index (χ0n) is 20.4. The molecule has 0 amide bonds. The number of thiol groups is 1. The van der Waals surface area contributed by atoms with E-state index in [0.29, 0.717) is 33.5 Å². The predicted molar refractivity (Wildman–Crippen MR) is 148 cm³/mol. The molecule has 1 aliphatic rings. The molecule has 6 rings (SSSR count). The third-order valence-corrected chi connectivity index (χ3v) is 6.75. The van der Waals surface area contributed by atoms with Gasteiger partial charge in [0.2, 0.25) is 0 Å². The molecule has 190 valence electrons. The maximum Gasteiger partial charge on any atom is 0.321 e. The zero-order chi connectivity index (χ0) is 25.9. The fraction of sp³-hybridized carbons (Fsp3) is 0.259. The van der Waals surface area contributed by atoms with Crippen molar-refractivity contribution < 1.29 is 9.13 Å². The van der Waals surface area contributed by atoms with E-state index in [1.807, 2.05) is 13.0 Å². The van der Waals surface area contributed by atoms with E-state index in [1.165, 1.54) is 6.07 Å². The minimum absolute atomic E-state index is 0.211. The molecular weight excluding hydrogens is 511 g/mol. The first-order chi connectivity index (χ1) is 18.1. The van der Waals surface area contributed by atoms with Crippen molar-refractivity contribution in [2.24, 2.45) is 0 Å². The average molecular weight is 537 g/mol. The van der Waals surface area contributed by atoms with Gasteiger partial charge in [0, 0.05) is 47.1 Å². The van der Waals surface area contributed by atoms with Gasteiger partial charge in [0.1, 0.15) is 22.9 Å². The van der Waals surface area contributed by atoms with Crippen LogP contribution in [-0.4, -0.2) is 43.8 Å². The Hall–Kier alpha value is -3.27. The molecule has 1 saturated heterocycles. The Kier molecular flexibility index (Phi) is 7.55. The summed E-state index contributed by atoms with van der Waals surface area (Å²) in [6.07, 6.45) is 8.64. The molecule has 1 aliphatic heterocycles. The van der Waals surface area contributed by atoms with Crippen LogP contribution < -0.4 is 10.1 Å². The smallest absolute Gasteiger partial charge is 0.321 e. The molecule has 0 aliphatic carbocycles. The normalized spacial score (nSPS) is 14.0. The zero-order valence-corrected chi connectivity index (χ0v) is 22.1. The van der Waals surface area contributed by atoms with E-state index in [-0.39, 0.29) is 6.01 Å². The highest BCUT2D eigenvalue weighted by Gasteiger charge is 2.22. The summed E-state index contributed by atoms with van der Waals surface area (Å²) in [5.41, 5.74) is 3.34. The number of ether oxygens (including phenoxy) is 1. The van der Waals surface area contributed by atoms with Crippen LogP contribution in [0.15, 0.2) is 55.0 Å². The Morgan fingerprint density at radius 1 is 1.03 bits per heavy atom. The van der Waals surface area contributed by atoms with Crippen LogP contribution in [0.2, 0.25) is 5.02 Å². The summed E-state index contributed by atoms with van der Waals surface area (Å²) in [5.74, 6) is 1.01. The number of aromatic nitrogens is 5. The monoisotopic (exact) mass is 536 g/mol. The van der Waals surface area contributed by atoms with Gasteiger partial charge in [-0.05, 0) is 63.4 Å². The number of benzene rings is 2. The summed E-state index contributed by atoms with van der Waals surface area (Å²) in [6.45, 7) is 3.94. The van der Waals surface area contributed by atoms with Gasteiger partial charge in [-0.2, -0.15) is 12.6 Å². The maximum atomic E-state index is 15.3. The maximum absolute atomic E-state index is 15.3. The van der Waals surface area contributed by atoms with E-state index in [2.05, 4.69) is 37.5 Å². The number of nitrogens with zero attached hydrogens (tertiary/aromatic N) is 5. The molecule has 1 N–H and O–H groups in total.